The molecular weight excluding hydrogens is 198 g/mol. The molecule has 0 bridgehead atoms. The Morgan fingerprint density at radius 1 is 1.33 bits per heavy atom. The van der Waals surface area contributed by atoms with Crippen molar-refractivity contribution in [2.24, 2.45) is 16.9 Å². The minimum atomic E-state index is -0.502. The molecule has 0 heterocycles. The largest absolute Gasteiger partial charge is 0.330 e. The summed E-state index contributed by atoms with van der Waals surface area (Å²) < 4.78 is 26.4. The van der Waals surface area contributed by atoms with E-state index in [-0.39, 0.29) is 11.0 Å². The topological polar surface area (TPSA) is 52.0 Å². The van der Waals surface area contributed by atoms with E-state index in [1.807, 2.05) is 0 Å². The number of rotatable bonds is 3. The lowest BCUT2D eigenvalue weighted by atomic mass is 9.90. The molecule has 0 saturated heterocycles. The molecule has 0 aromatic heterocycles. The molecule has 1 aromatic rings. The van der Waals surface area contributed by atoms with E-state index in [0.717, 1.165) is 31.0 Å². The lowest BCUT2D eigenvalue weighted by Gasteiger charge is -2.22. The third kappa shape index (κ3) is 1.75. The first-order valence-corrected chi connectivity index (χ1v) is 5.00. The molecule has 2 rings (SSSR count). The fourth-order valence-corrected chi connectivity index (χ4v) is 1.89. The summed E-state index contributed by atoms with van der Waals surface area (Å²) in [5, 5.41) is 0. The molecule has 0 spiro atoms. The van der Waals surface area contributed by atoms with Gasteiger partial charge in [-0.05, 0) is 37.6 Å². The van der Waals surface area contributed by atoms with Crippen LogP contribution in [0, 0.1) is 17.0 Å². The zero-order valence-corrected chi connectivity index (χ0v) is 8.34. The van der Waals surface area contributed by atoms with Gasteiger partial charge in [-0.3, -0.25) is 0 Å². The van der Waals surface area contributed by atoms with Crippen molar-refractivity contribution in [2.45, 2.75) is 18.9 Å². The third-order valence-electron chi connectivity index (χ3n) is 3.25. The maximum absolute atomic E-state index is 13.4. The Balaban J connectivity index is 2.32. The fourth-order valence-electron chi connectivity index (χ4n) is 1.89. The van der Waals surface area contributed by atoms with Crippen molar-refractivity contribution in [1.29, 1.82) is 0 Å². The Labute approximate surface area is 87.3 Å². The van der Waals surface area contributed by atoms with Gasteiger partial charge in [0, 0.05) is 17.0 Å². The van der Waals surface area contributed by atoms with Gasteiger partial charge in [-0.25, -0.2) is 8.78 Å². The quantitative estimate of drug-likeness (QED) is 0.801. The van der Waals surface area contributed by atoms with Crippen LogP contribution in [0.4, 0.5) is 8.78 Å². The van der Waals surface area contributed by atoms with E-state index in [1.165, 1.54) is 0 Å². The van der Waals surface area contributed by atoms with Crippen molar-refractivity contribution in [2.75, 3.05) is 6.54 Å². The maximum Gasteiger partial charge on any atom is 0.128 e. The second kappa shape index (κ2) is 3.54. The molecule has 1 fully saturated rings. The van der Waals surface area contributed by atoms with Crippen LogP contribution in [0.1, 0.15) is 24.4 Å². The summed E-state index contributed by atoms with van der Waals surface area (Å²) in [4.78, 5) is 0. The summed E-state index contributed by atoms with van der Waals surface area (Å²) in [5.41, 5.74) is 11.5. The average molecular weight is 212 g/mol. The third-order valence-corrected chi connectivity index (χ3v) is 3.25. The van der Waals surface area contributed by atoms with Crippen LogP contribution < -0.4 is 11.5 Å². The highest BCUT2D eigenvalue weighted by atomic mass is 19.1. The van der Waals surface area contributed by atoms with Crippen molar-refractivity contribution in [3.05, 3.63) is 35.4 Å². The van der Waals surface area contributed by atoms with Crippen molar-refractivity contribution >= 4 is 0 Å². The minimum Gasteiger partial charge on any atom is -0.330 e. The number of halogens is 2. The fraction of sp³-hybridized carbons (Fsp3) is 0.455. The van der Waals surface area contributed by atoms with E-state index in [1.54, 1.807) is 0 Å². The van der Waals surface area contributed by atoms with Gasteiger partial charge in [0.15, 0.2) is 0 Å². The van der Waals surface area contributed by atoms with E-state index in [2.05, 4.69) is 0 Å². The first kappa shape index (κ1) is 10.5. The average Bonchev–Trinajstić information content (AvgIpc) is 3.01. The molecule has 1 saturated carbocycles. The Morgan fingerprint density at radius 2 is 2.00 bits per heavy atom. The Bertz CT molecular complexity index is 375. The molecule has 0 aliphatic heterocycles. The van der Waals surface area contributed by atoms with Crippen LogP contribution in [0.2, 0.25) is 0 Å². The molecule has 1 unspecified atom stereocenters. The minimum absolute atomic E-state index is 0.214. The van der Waals surface area contributed by atoms with Crippen molar-refractivity contribution in [1.82, 2.24) is 0 Å². The molecule has 82 valence electrons. The smallest absolute Gasteiger partial charge is 0.128 e. The highest BCUT2D eigenvalue weighted by Crippen LogP contribution is 2.53. The van der Waals surface area contributed by atoms with Crippen molar-refractivity contribution in [3.63, 3.8) is 0 Å². The lowest BCUT2D eigenvalue weighted by molar-refractivity contribution is 0.403. The van der Waals surface area contributed by atoms with Gasteiger partial charge >= 0.3 is 0 Å². The molecule has 4 heteroatoms. The molecule has 1 aliphatic carbocycles. The van der Waals surface area contributed by atoms with Crippen LogP contribution in [-0.2, 0) is 0 Å². The highest BCUT2D eigenvalue weighted by molar-refractivity contribution is 5.26. The summed E-state index contributed by atoms with van der Waals surface area (Å²) in [6.45, 7) is 0.421. The van der Waals surface area contributed by atoms with Crippen LogP contribution in [0.15, 0.2) is 18.2 Å². The van der Waals surface area contributed by atoms with Crippen molar-refractivity contribution in [3.8, 4) is 0 Å². The molecule has 15 heavy (non-hydrogen) atoms. The van der Waals surface area contributed by atoms with Gasteiger partial charge < -0.3 is 11.5 Å². The lowest BCUT2D eigenvalue weighted by Crippen LogP contribution is -2.30. The number of hydrogen-bond donors (Lipinski definition) is 2. The number of benzene rings is 1. The van der Waals surface area contributed by atoms with E-state index in [4.69, 9.17) is 11.5 Å². The Morgan fingerprint density at radius 3 is 2.53 bits per heavy atom. The maximum atomic E-state index is 13.4. The predicted molar refractivity (Wildman–Crippen MR) is 54.0 cm³/mol. The summed E-state index contributed by atoms with van der Waals surface area (Å²) in [6, 6.07) is 2.86. The second-order valence-electron chi connectivity index (χ2n) is 4.21. The highest BCUT2D eigenvalue weighted by Gasteiger charge is 2.47. The number of hydrogen-bond acceptors (Lipinski definition) is 2. The molecule has 0 radical (unpaired) electrons. The monoisotopic (exact) mass is 212 g/mol. The molecule has 1 aliphatic rings. The molecule has 2 nitrogen and oxygen atoms in total. The SMILES string of the molecule is NCC1(C(N)c2cc(F)ccc2F)CC1. The molecule has 1 atom stereocenters. The molecule has 0 amide bonds. The van der Waals surface area contributed by atoms with E-state index < -0.39 is 17.7 Å². The van der Waals surface area contributed by atoms with Gasteiger partial charge in [0.05, 0.1) is 0 Å². The summed E-state index contributed by atoms with van der Waals surface area (Å²) in [5.74, 6) is -0.918. The van der Waals surface area contributed by atoms with Gasteiger partial charge in [0.25, 0.3) is 0 Å². The van der Waals surface area contributed by atoms with E-state index >= 15 is 0 Å². The van der Waals surface area contributed by atoms with Crippen LogP contribution in [0.5, 0.6) is 0 Å². The molecule has 4 N–H and O–H groups in total. The van der Waals surface area contributed by atoms with Crippen LogP contribution in [-0.4, -0.2) is 6.54 Å². The summed E-state index contributed by atoms with van der Waals surface area (Å²) >= 11 is 0. The van der Waals surface area contributed by atoms with Crippen LogP contribution in [0.3, 0.4) is 0 Å². The van der Waals surface area contributed by atoms with Gasteiger partial charge in [0.2, 0.25) is 0 Å². The van der Waals surface area contributed by atoms with E-state index in [9.17, 15) is 8.78 Å². The zero-order valence-electron chi connectivity index (χ0n) is 8.34. The van der Waals surface area contributed by atoms with Crippen molar-refractivity contribution < 1.29 is 8.78 Å². The van der Waals surface area contributed by atoms with Crippen LogP contribution >= 0.6 is 0 Å². The summed E-state index contributed by atoms with van der Waals surface area (Å²) in [7, 11) is 0. The Kier molecular flexibility index (Phi) is 2.48. The van der Waals surface area contributed by atoms with Gasteiger partial charge in [-0.1, -0.05) is 0 Å². The van der Waals surface area contributed by atoms with Crippen LogP contribution in [0.25, 0.3) is 0 Å². The molecular formula is C11H14F2N2. The second-order valence-corrected chi connectivity index (χ2v) is 4.21. The van der Waals surface area contributed by atoms with E-state index in [0.29, 0.717) is 6.54 Å². The number of nitrogens with two attached hydrogens (primary N) is 2. The first-order chi connectivity index (χ1) is 7.09. The van der Waals surface area contributed by atoms with Gasteiger partial charge in [-0.15, -0.1) is 0 Å². The van der Waals surface area contributed by atoms with Gasteiger partial charge in [0.1, 0.15) is 11.6 Å². The predicted octanol–water partition coefficient (Wildman–Crippen LogP) is 1.70. The Hall–Kier alpha value is -1.00. The summed E-state index contributed by atoms with van der Waals surface area (Å²) in [6.07, 6.45) is 1.78. The van der Waals surface area contributed by atoms with Gasteiger partial charge in [-0.2, -0.15) is 0 Å². The normalized spacial score (nSPS) is 20.0. The first-order valence-electron chi connectivity index (χ1n) is 5.00. The molecule has 1 aromatic carbocycles. The zero-order chi connectivity index (χ0) is 11.1. The standard InChI is InChI=1S/C11H14F2N2/c12-7-1-2-9(13)8(5-7)10(15)11(6-14)3-4-11/h1-2,5,10H,3-4,6,14-15H2.